The number of aliphatic imine (C=N–C) groups is 1. The van der Waals surface area contributed by atoms with Crippen molar-refractivity contribution < 1.29 is 13.9 Å². The molecule has 0 radical (unpaired) electrons. The quantitative estimate of drug-likeness (QED) is 0.383. The number of phenolic OH excluding ortho intramolecular Hbond substituents is 1. The summed E-state index contributed by atoms with van der Waals surface area (Å²) in [5, 5.41) is 13.2. The van der Waals surface area contributed by atoms with Gasteiger partial charge in [-0.1, -0.05) is 24.3 Å². The van der Waals surface area contributed by atoms with E-state index >= 15 is 0 Å². The van der Waals surface area contributed by atoms with Crippen molar-refractivity contribution in [3.63, 3.8) is 0 Å². The zero-order chi connectivity index (χ0) is 19.2. The zero-order valence-corrected chi connectivity index (χ0v) is 18.1. The number of hydrogen-bond donors (Lipinski definition) is 2. The van der Waals surface area contributed by atoms with E-state index < -0.39 is 11.6 Å². The predicted octanol–water partition coefficient (Wildman–Crippen LogP) is 3.23. The van der Waals surface area contributed by atoms with Crippen LogP contribution in [-0.4, -0.2) is 55.7 Å². The lowest BCUT2D eigenvalue weighted by Gasteiger charge is -2.37. The zero-order valence-electron chi connectivity index (χ0n) is 15.7. The van der Waals surface area contributed by atoms with Crippen LogP contribution in [0.25, 0.3) is 0 Å². The van der Waals surface area contributed by atoms with E-state index in [0.29, 0.717) is 18.5 Å². The maximum Gasteiger partial charge on any atom is 0.193 e. The molecule has 0 aliphatic carbocycles. The fourth-order valence-electron chi connectivity index (χ4n) is 3.27. The minimum Gasteiger partial charge on any atom is -0.506 e. The number of piperazine rings is 1. The van der Waals surface area contributed by atoms with Crippen molar-refractivity contribution in [2.45, 2.75) is 6.42 Å². The van der Waals surface area contributed by atoms with Crippen LogP contribution in [0.1, 0.15) is 5.56 Å². The molecule has 2 N–H and O–H groups in total. The van der Waals surface area contributed by atoms with Crippen molar-refractivity contribution in [3.05, 3.63) is 59.7 Å². The summed E-state index contributed by atoms with van der Waals surface area (Å²) in [5.41, 5.74) is 1.18. The lowest BCUT2D eigenvalue weighted by molar-refractivity contribution is 0.370. The van der Waals surface area contributed by atoms with Crippen molar-refractivity contribution in [1.82, 2.24) is 10.2 Å². The molecule has 3 rings (SSSR count). The van der Waals surface area contributed by atoms with Gasteiger partial charge in [-0.3, -0.25) is 4.99 Å². The van der Waals surface area contributed by atoms with E-state index in [2.05, 4.69) is 20.1 Å². The summed E-state index contributed by atoms with van der Waals surface area (Å²) in [4.78, 5) is 8.56. The molecule has 1 aliphatic heterocycles. The summed E-state index contributed by atoms with van der Waals surface area (Å²) in [6.45, 7) is 3.49. The Kier molecular flexibility index (Phi) is 8.28. The first-order valence-corrected chi connectivity index (χ1v) is 9.01. The highest BCUT2D eigenvalue weighted by Crippen LogP contribution is 2.27. The third kappa shape index (κ3) is 5.24. The van der Waals surface area contributed by atoms with Crippen LogP contribution in [0.4, 0.5) is 14.5 Å². The van der Waals surface area contributed by atoms with Crippen molar-refractivity contribution in [3.8, 4) is 5.75 Å². The van der Waals surface area contributed by atoms with Gasteiger partial charge in [-0.15, -0.1) is 24.0 Å². The van der Waals surface area contributed by atoms with Gasteiger partial charge >= 0.3 is 0 Å². The number of nitrogens with zero attached hydrogens (tertiary/aromatic N) is 3. The summed E-state index contributed by atoms with van der Waals surface area (Å²) in [5.74, 6) is -0.586. The minimum absolute atomic E-state index is 0. The number of benzene rings is 2. The van der Waals surface area contributed by atoms with E-state index in [0.717, 1.165) is 43.9 Å². The van der Waals surface area contributed by atoms with Crippen LogP contribution in [-0.2, 0) is 6.42 Å². The van der Waals surface area contributed by atoms with E-state index in [1.54, 1.807) is 19.2 Å². The molecule has 2 aromatic carbocycles. The van der Waals surface area contributed by atoms with Crippen LogP contribution in [0.15, 0.2) is 47.5 Å². The monoisotopic (exact) mass is 502 g/mol. The molecule has 0 amide bonds. The Bertz CT molecular complexity index is 811. The van der Waals surface area contributed by atoms with Crippen molar-refractivity contribution >= 4 is 35.6 Å². The maximum absolute atomic E-state index is 13.7. The van der Waals surface area contributed by atoms with Crippen LogP contribution in [0.5, 0.6) is 5.75 Å². The van der Waals surface area contributed by atoms with Crippen LogP contribution in [0.2, 0.25) is 0 Å². The standard InChI is InChI=1S/C20H24F2N4O.HI/c1-23-20(24-10-9-15-5-4-6-16(21)19(15)22)26-13-11-25(12-14-26)17-7-2-3-8-18(17)27;/h2-8,27H,9-14H2,1H3,(H,23,24);1H. The lowest BCUT2D eigenvalue weighted by atomic mass is 10.1. The molecule has 0 bridgehead atoms. The van der Waals surface area contributed by atoms with Gasteiger partial charge in [0.25, 0.3) is 0 Å². The highest BCUT2D eigenvalue weighted by atomic mass is 127. The highest BCUT2D eigenvalue weighted by molar-refractivity contribution is 14.0. The SMILES string of the molecule is CN=C(NCCc1cccc(F)c1F)N1CCN(c2ccccc2O)CC1.I. The Balaban J connectivity index is 0.00000280. The van der Waals surface area contributed by atoms with Gasteiger partial charge in [0.1, 0.15) is 5.75 Å². The summed E-state index contributed by atoms with van der Waals surface area (Å²) in [7, 11) is 1.71. The number of halogens is 3. The van der Waals surface area contributed by atoms with E-state index in [9.17, 15) is 13.9 Å². The summed E-state index contributed by atoms with van der Waals surface area (Å²) < 4.78 is 27.0. The fourth-order valence-corrected chi connectivity index (χ4v) is 3.27. The number of anilines is 1. The van der Waals surface area contributed by atoms with Crippen molar-refractivity contribution in [2.24, 2.45) is 4.99 Å². The van der Waals surface area contributed by atoms with E-state index in [4.69, 9.17) is 0 Å². The molecule has 1 heterocycles. The predicted molar refractivity (Wildman–Crippen MR) is 119 cm³/mol. The molecule has 0 atom stereocenters. The number of rotatable bonds is 4. The molecule has 0 unspecified atom stereocenters. The Hall–Kier alpha value is -2.10. The van der Waals surface area contributed by atoms with Crippen LogP contribution in [0.3, 0.4) is 0 Å². The number of guanidine groups is 1. The number of hydrogen-bond acceptors (Lipinski definition) is 3. The lowest BCUT2D eigenvalue weighted by Crippen LogP contribution is -2.52. The molecule has 1 saturated heterocycles. The highest BCUT2D eigenvalue weighted by Gasteiger charge is 2.21. The molecule has 0 aromatic heterocycles. The van der Waals surface area contributed by atoms with E-state index in [1.165, 1.54) is 6.07 Å². The largest absolute Gasteiger partial charge is 0.506 e. The Labute approximate surface area is 181 Å². The van der Waals surface area contributed by atoms with Gasteiger partial charge in [0.15, 0.2) is 17.6 Å². The summed E-state index contributed by atoms with van der Waals surface area (Å²) in [6, 6.07) is 11.5. The van der Waals surface area contributed by atoms with Gasteiger partial charge in [-0.2, -0.15) is 0 Å². The second kappa shape index (κ2) is 10.4. The number of aromatic hydroxyl groups is 1. The maximum atomic E-state index is 13.7. The van der Waals surface area contributed by atoms with Crippen LogP contribution in [0, 0.1) is 11.6 Å². The van der Waals surface area contributed by atoms with Crippen molar-refractivity contribution in [1.29, 1.82) is 0 Å². The van der Waals surface area contributed by atoms with Crippen LogP contribution >= 0.6 is 24.0 Å². The Morgan fingerprint density at radius 2 is 1.79 bits per heavy atom. The smallest absolute Gasteiger partial charge is 0.193 e. The second-order valence-corrected chi connectivity index (χ2v) is 6.40. The molecule has 28 heavy (non-hydrogen) atoms. The molecule has 152 valence electrons. The average molecular weight is 502 g/mol. The molecular weight excluding hydrogens is 477 g/mol. The first kappa shape index (κ1) is 22.2. The normalized spacial score (nSPS) is 14.6. The van der Waals surface area contributed by atoms with Gasteiger partial charge in [0.05, 0.1) is 5.69 Å². The first-order chi connectivity index (χ1) is 13.1. The molecule has 8 heteroatoms. The van der Waals surface area contributed by atoms with Gasteiger partial charge in [0, 0.05) is 39.8 Å². The summed E-state index contributed by atoms with van der Waals surface area (Å²) in [6.07, 6.45) is 0.375. The van der Waals surface area contributed by atoms with Crippen molar-refractivity contribution in [2.75, 3.05) is 44.7 Å². The van der Waals surface area contributed by atoms with Crippen LogP contribution < -0.4 is 10.2 Å². The second-order valence-electron chi connectivity index (χ2n) is 6.40. The molecule has 1 aliphatic rings. The number of nitrogens with one attached hydrogen (secondary N) is 1. The molecule has 0 saturated carbocycles. The average Bonchev–Trinajstić information content (AvgIpc) is 2.69. The number of phenols is 1. The molecule has 5 nitrogen and oxygen atoms in total. The van der Waals surface area contributed by atoms with Gasteiger partial charge in [-0.05, 0) is 30.2 Å². The first-order valence-electron chi connectivity index (χ1n) is 9.01. The fraction of sp³-hybridized carbons (Fsp3) is 0.350. The van der Waals surface area contributed by atoms with Gasteiger partial charge in [-0.25, -0.2) is 8.78 Å². The third-order valence-corrected chi connectivity index (χ3v) is 4.72. The Morgan fingerprint density at radius 1 is 1.07 bits per heavy atom. The molecule has 2 aromatic rings. The number of para-hydroxylation sites is 2. The molecule has 0 spiro atoms. The topological polar surface area (TPSA) is 51.1 Å². The van der Waals surface area contributed by atoms with Gasteiger partial charge in [0.2, 0.25) is 0 Å². The summed E-state index contributed by atoms with van der Waals surface area (Å²) >= 11 is 0. The third-order valence-electron chi connectivity index (χ3n) is 4.72. The minimum atomic E-state index is -0.822. The van der Waals surface area contributed by atoms with Gasteiger partial charge < -0.3 is 20.2 Å². The molecular formula is C20H25F2IN4O. The van der Waals surface area contributed by atoms with E-state index in [-0.39, 0.29) is 29.7 Å². The van der Waals surface area contributed by atoms with E-state index in [1.807, 2.05) is 18.2 Å². The Morgan fingerprint density at radius 3 is 2.46 bits per heavy atom. The molecule has 1 fully saturated rings.